The Bertz CT molecular complexity index is 694. The van der Waals surface area contributed by atoms with Crippen molar-refractivity contribution in [3.63, 3.8) is 0 Å². The SMILES string of the molecule is Cc1oc(CNC(C)C)cc1S(=O)(=O)Nc1ccncc1. The molecule has 0 aliphatic rings. The van der Waals surface area contributed by atoms with Crippen LogP contribution < -0.4 is 10.0 Å². The number of anilines is 1. The van der Waals surface area contributed by atoms with Gasteiger partial charge in [0, 0.05) is 24.5 Å². The molecule has 0 saturated carbocycles. The summed E-state index contributed by atoms with van der Waals surface area (Å²) in [5, 5.41) is 3.19. The van der Waals surface area contributed by atoms with Gasteiger partial charge in [0.1, 0.15) is 16.4 Å². The maximum absolute atomic E-state index is 12.4. The summed E-state index contributed by atoms with van der Waals surface area (Å²) in [5.74, 6) is 0.966. The highest BCUT2D eigenvalue weighted by Gasteiger charge is 2.21. The Balaban J connectivity index is 2.20. The Labute approximate surface area is 124 Å². The molecule has 0 amide bonds. The second-order valence-corrected chi connectivity index (χ2v) is 6.66. The summed E-state index contributed by atoms with van der Waals surface area (Å²) in [5.41, 5.74) is 0.465. The molecule has 0 unspecified atom stereocenters. The van der Waals surface area contributed by atoms with E-state index in [4.69, 9.17) is 4.42 Å². The molecule has 6 nitrogen and oxygen atoms in total. The van der Waals surface area contributed by atoms with E-state index in [9.17, 15) is 8.42 Å². The summed E-state index contributed by atoms with van der Waals surface area (Å²) in [6.07, 6.45) is 3.05. The van der Waals surface area contributed by atoms with Crippen molar-refractivity contribution in [3.05, 3.63) is 42.1 Å². The smallest absolute Gasteiger partial charge is 0.265 e. The Morgan fingerprint density at radius 2 is 1.95 bits per heavy atom. The number of hydrogen-bond acceptors (Lipinski definition) is 5. The Hall–Kier alpha value is -1.86. The third-order valence-corrected chi connectivity index (χ3v) is 4.32. The average molecular weight is 309 g/mol. The van der Waals surface area contributed by atoms with Gasteiger partial charge >= 0.3 is 0 Å². The van der Waals surface area contributed by atoms with Crippen molar-refractivity contribution in [2.45, 2.75) is 38.3 Å². The minimum Gasteiger partial charge on any atom is -0.464 e. The molecular weight excluding hydrogens is 290 g/mol. The van der Waals surface area contributed by atoms with Gasteiger partial charge in [0.25, 0.3) is 10.0 Å². The lowest BCUT2D eigenvalue weighted by Crippen LogP contribution is -2.21. The van der Waals surface area contributed by atoms with Gasteiger partial charge in [-0.3, -0.25) is 9.71 Å². The molecule has 0 fully saturated rings. The van der Waals surface area contributed by atoms with Crippen LogP contribution >= 0.6 is 0 Å². The third-order valence-electron chi connectivity index (χ3n) is 2.83. The number of nitrogens with zero attached hydrogens (tertiary/aromatic N) is 1. The summed E-state index contributed by atoms with van der Waals surface area (Å²) in [4.78, 5) is 4.00. The van der Waals surface area contributed by atoms with Crippen molar-refractivity contribution in [1.82, 2.24) is 10.3 Å². The monoisotopic (exact) mass is 309 g/mol. The average Bonchev–Trinajstić information content (AvgIpc) is 2.79. The van der Waals surface area contributed by atoms with Crippen LogP contribution in [0.4, 0.5) is 5.69 Å². The molecule has 21 heavy (non-hydrogen) atoms. The van der Waals surface area contributed by atoms with Crippen LogP contribution in [-0.4, -0.2) is 19.4 Å². The fourth-order valence-electron chi connectivity index (χ4n) is 1.81. The molecule has 0 bridgehead atoms. The molecule has 0 radical (unpaired) electrons. The number of nitrogens with one attached hydrogen (secondary N) is 2. The number of sulfonamides is 1. The van der Waals surface area contributed by atoms with Crippen LogP contribution in [-0.2, 0) is 16.6 Å². The fraction of sp³-hybridized carbons (Fsp3) is 0.357. The van der Waals surface area contributed by atoms with Crippen molar-refractivity contribution in [1.29, 1.82) is 0 Å². The van der Waals surface area contributed by atoms with Crippen LogP contribution in [0.5, 0.6) is 0 Å². The summed E-state index contributed by atoms with van der Waals surface area (Å²) >= 11 is 0. The molecule has 114 valence electrons. The second kappa shape index (κ2) is 6.28. The third kappa shape index (κ3) is 4.05. The van der Waals surface area contributed by atoms with Gasteiger partial charge in [-0.15, -0.1) is 0 Å². The number of furan rings is 1. The van der Waals surface area contributed by atoms with Crippen molar-refractivity contribution >= 4 is 15.7 Å². The van der Waals surface area contributed by atoms with E-state index in [0.29, 0.717) is 29.8 Å². The van der Waals surface area contributed by atoms with E-state index in [0.717, 1.165) is 0 Å². The first-order chi connectivity index (χ1) is 9.88. The zero-order valence-corrected chi connectivity index (χ0v) is 13.1. The van der Waals surface area contributed by atoms with E-state index in [2.05, 4.69) is 15.0 Å². The number of aryl methyl sites for hydroxylation is 1. The highest BCUT2D eigenvalue weighted by Crippen LogP contribution is 2.22. The quantitative estimate of drug-likeness (QED) is 0.855. The van der Waals surface area contributed by atoms with Crippen molar-refractivity contribution in [3.8, 4) is 0 Å². The lowest BCUT2D eigenvalue weighted by atomic mass is 10.3. The molecule has 2 heterocycles. The Morgan fingerprint density at radius 3 is 2.57 bits per heavy atom. The maximum atomic E-state index is 12.4. The molecule has 0 atom stereocenters. The molecule has 0 aromatic carbocycles. The molecule has 2 aromatic heterocycles. The predicted molar refractivity (Wildman–Crippen MR) is 80.5 cm³/mol. The number of pyridine rings is 1. The Kier molecular flexibility index (Phi) is 4.64. The van der Waals surface area contributed by atoms with E-state index < -0.39 is 10.0 Å². The first-order valence-electron chi connectivity index (χ1n) is 6.64. The molecule has 7 heteroatoms. The van der Waals surface area contributed by atoms with Gasteiger partial charge in [0.2, 0.25) is 0 Å². The summed E-state index contributed by atoms with van der Waals surface area (Å²) < 4.78 is 32.7. The van der Waals surface area contributed by atoms with E-state index in [-0.39, 0.29) is 4.90 Å². The zero-order valence-electron chi connectivity index (χ0n) is 12.3. The van der Waals surface area contributed by atoms with E-state index in [1.165, 1.54) is 12.4 Å². The van der Waals surface area contributed by atoms with Crippen LogP contribution in [0.1, 0.15) is 25.4 Å². The minimum absolute atomic E-state index is 0.153. The fourth-order valence-corrected chi connectivity index (χ4v) is 3.08. The van der Waals surface area contributed by atoms with Crippen LogP contribution in [0.2, 0.25) is 0 Å². The summed E-state index contributed by atoms with van der Waals surface area (Å²) in [6, 6.07) is 5.03. The van der Waals surface area contributed by atoms with E-state index in [1.54, 1.807) is 25.1 Å². The molecule has 0 aliphatic carbocycles. The first kappa shape index (κ1) is 15.5. The lowest BCUT2D eigenvalue weighted by Gasteiger charge is -2.06. The van der Waals surface area contributed by atoms with Crippen LogP contribution in [0, 0.1) is 6.92 Å². The van der Waals surface area contributed by atoms with Gasteiger partial charge in [0.05, 0.1) is 12.2 Å². The molecule has 0 spiro atoms. The number of rotatable bonds is 6. The minimum atomic E-state index is -3.66. The maximum Gasteiger partial charge on any atom is 0.265 e. The van der Waals surface area contributed by atoms with Crippen molar-refractivity contribution < 1.29 is 12.8 Å². The second-order valence-electron chi connectivity index (χ2n) is 5.01. The largest absolute Gasteiger partial charge is 0.464 e. The van der Waals surface area contributed by atoms with Crippen molar-refractivity contribution in [2.75, 3.05) is 4.72 Å². The first-order valence-corrected chi connectivity index (χ1v) is 8.12. The van der Waals surface area contributed by atoms with E-state index >= 15 is 0 Å². The molecule has 2 aromatic rings. The van der Waals surface area contributed by atoms with Gasteiger partial charge in [-0.2, -0.15) is 0 Å². The standard InChI is InChI=1S/C14H19N3O3S/c1-10(2)16-9-13-8-14(11(3)20-13)21(18,19)17-12-4-6-15-7-5-12/h4-8,10,16H,9H2,1-3H3,(H,15,17). The van der Waals surface area contributed by atoms with Gasteiger partial charge < -0.3 is 9.73 Å². The normalized spacial score (nSPS) is 11.8. The molecule has 2 N–H and O–H groups in total. The zero-order chi connectivity index (χ0) is 15.5. The summed E-state index contributed by atoms with van der Waals surface area (Å²) in [6.45, 7) is 6.15. The molecule has 0 saturated heterocycles. The van der Waals surface area contributed by atoms with Crippen LogP contribution in [0.25, 0.3) is 0 Å². The van der Waals surface area contributed by atoms with Gasteiger partial charge in [-0.05, 0) is 19.1 Å². The molecule has 0 aliphatic heterocycles. The lowest BCUT2D eigenvalue weighted by molar-refractivity contribution is 0.444. The Morgan fingerprint density at radius 1 is 1.29 bits per heavy atom. The van der Waals surface area contributed by atoms with Crippen molar-refractivity contribution in [2.24, 2.45) is 0 Å². The predicted octanol–water partition coefficient (Wildman–Crippen LogP) is 2.28. The van der Waals surface area contributed by atoms with Crippen LogP contribution in [0.3, 0.4) is 0 Å². The molecule has 2 rings (SSSR count). The summed E-state index contributed by atoms with van der Waals surface area (Å²) in [7, 11) is -3.66. The molecular formula is C14H19N3O3S. The highest BCUT2D eigenvalue weighted by atomic mass is 32.2. The van der Waals surface area contributed by atoms with Gasteiger partial charge in [-0.1, -0.05) is 13.8 Å². The highest BCUT2D eigenvalue weighted by molar-refractivity contribution is 7.92. The van der Waals surface area contributed by atoms with Gasteiger partial charge in [0.15, 0.2) is 0 Å². The number of hydrogen-bond donors (Lipinski definition) is 2. The van der Waals surface area contributed by atoms with Gasteiger partial charge in [-0.25, -0.2) is 8.42 Å². The van der Waals surface area contributed by atoms with Crippen LogP contribution in [0.15, 0.2) is 39.9 Å². The topological polar surface area (TPSA) is 84.2 Å². The van der Waals surface area contributed by atoms with E-state index in [1.807, 2.05) is 13.8 Å². The number of aromatic nitrogens is 1.